The zero-order chi connectivity index (χ0) is 72.3. The summed E-state index contributed by atoms with van der Waals surface area (Å²) in [5, 5.41) is 22.9. The van der Waals surface area contributed by atoms with Gasteiger partial charge in [0.25, 0.3) is 0 Å². The van der Waals surface area contributed by atoms with Crippen LogP contribution in [0.3, 0.4) is 0 Å². The van der Waals surface area contributed by atoms with E-state index < -0.39 is 0 Å². The van der Waals surface area contributed by atoms with Gasteiger partial charge in [0, 0.05) is 129 Å². The molecule has 2 amide bonds. The van der Waals surface area contributed by atoms with Crippen LogP contribution in [0.5, 0.6) is 0 Å². The number of rotatable bonds is 6. The van der Waals surface area contributed by atoms with Crippen molar-refractivity contribution in [2.24, 2.45) is 64.1 Å². The molecule has 12 rings (SSSR count). The zero-order valence-electron chi connectivity index (χ0n) is 68.1. The lowest BCUT2D eigenvalue weighted by Crippen LogP contribution is -2.52. The lowest BCUT2D eigenvalue weighted by molar-refractivity contribution is -0.130. The van der Waals surface area contributed by atoms with Gasteiger partial charge in [-0.05, 0) is 175 Å². The van der Waals surface area contributed by atoms with Gasteiger partial charge in [-0.15, -0.1) is 0 Å². The van der Waals surface area contributed by atoms with Crippen LogP contribution < -0.4 is 10.6 Å². The molecule has 0 unspecified atom stereocenters. The first kappa shape index (κ1) is 94.6. The highest BCUT2D eigenvalue weighted by atomic mass is 16.5. The van der Waals surface area contributed by atoms with E-state index in [2.05, 4.69) is 137 Å². The van der Waals surface area contributed by atoms with Crippen LogP contribution >= 0.6 is 0 Å². The van der Waals surface area contributed by atoms with Gasteiger partial charge in [-0.25, -0.2) is 0 Å². The molecule has 8 aliphatic carbocycles. The lowest BCUT2D eigenvalue weighted by atomic mass is 9.63. The molecule has 4 heterocycles. The molecule has 12 aliphatic rings. The predicted molar refractivity (Wildman–Crippen MR) is 408 cm³/mol. The summed E-state index contributed by atoms with van der Waals surface area (Å²) in [5.74, 6) is 7.66. The Bertz CT molecular complexity index is 1630. The van der Waals surface area contributed by atoms with Gasteiger partial charge >= 0.3 is 0 Å². The lowest BCUT2D eigenvalue weighted by Gasteiger charge is -2.45. The minimum atomic E-state index is 0.0417. The standard InChI is InChI=1S/2C10H20N2.2C10H19NO.2C9H17NO.2C5H10O.6C2H6/c2*1-9-7-10(8-9)12-5-3-11(2)4-6-12;1-10(2,3)8-5-7(6-8)9(12)11-4;1-7(12)11-9-5-8(6-9)10(2,3)4;2*1-8-6-9(7-8)10-2-4-11-5-3-10;2*1-4-2-5(6)3-4;6*1-2/h2*9-10H,3-8H2,1-2H3;7-8H,5-6H2,1-4H3,(H,11,12);8-9H,5-6H2,1-4H3,(H,11,12);2*8-9H,2-7H2,1H3;2*4-6H,2-3H2,1H3;6*1-2H3. The van der Waals surface area contributed by atoms with Gasteiger partial charge in [0.15, 0.2) is 0 Å². The fraction of sp³-hybridized carbons (Fsp3) is 0.975. The molecule has 0 aromatic rings. The number of aliphatic hydroxyl groups is 2. The topological polar surface area (TPSA) is 137 Å². The van der Waals surface area contributed by atoms with E-state index in [-0.39, 0.29) is 24.0 Å². The Morgan fingerprint density at radius 2 is 0.606 bits per heavy atom. The van der Waals surface area contributed by atoms with Crippen LogP contribution in [-0.2, 0) is 19.1 Å². The molecular weight excluding hydrogens is 1170 g/mol. The highest BCUT2D eigenvalue weighted by Gasteiger charge is 2.41. The second kappa shape index (κ2) is 53.4. The molecule has 0 spiro atoms. The van der Waals surface area contributed by atoms with Crippen LogP contribution in [0, 0.1) is 64.1 Å². The summed E-state index contributed by atoms with van der Waals surface area (Å²) in [5.41, 5.74) is 0.791. The Morgan fingerprint density at radius 1 is 0.372 bits per heavy atom. The van der Waals surface area contributed by atoms with Crippen LogP contribution in [0.25, 0.3) is 0 Å². The van der Waals surface area contributed by atoms with Crippen molar-refractivity contribution in [1.82, 2.24) is 40.0 Å². The summed E-state index contributed by atoms with van der Waals surface area (Å²) < 4.78 is 10.6. The van der Waals surface area contributed by atoms with Crippen molar-refractivity contribution in [1.29, 1.82) is 0 Å². The van der Waals surface area contributed by atoms with Crippen LogP contribution in [-0.4, -0.2) is 220 Å². The van der Waals surface area contributed by atoms with E-state index in [9.17, 15) is 9.59 Å². The van der Waals surface area contributed by atoms with Crippen molar-refractivity contribution >= 4 is 11.8 Å². The van der Waals surface area contributed by atoms with Gasteiger partial charge in [-0.3, -0.25) is 29.2 Å². The highest BCUT2D eigenvalue weighted by molar-refractivity contribution is 5.79. The SMILES string of the molecule is CC.CC.CC.CC.CC.CC.CC(=O)NC1CC(C(C)(C)C)C1.CC1CC(N2CCN(C)CC2)C1.CC1CC(N2CCN(C)CC2)C1.CC1CC(N2CCOCC2)C1.CC1CC(N2CCOCC2)C1.CC1CC(O)C1.CC1CC(O)C1.CNC(=O)C1CC(C(C)(C)C)C1. The summed E-state index contributed by atoms with van der Waals surface area (Å²) >= 11 is 0. The summed E-state index contributed by atoms with van der Waals surface area (Å²) in [7, 11) is 6.16. The van der Waals surface area contributed by atoms with Gasteiger partial charge < -0.3 is 40.1 Å². The molecular formula is C80H168N8O6. The molecule has 0 aromatic carbocycles. The van der Waals surface area contributed by atoms with Crippen LogP contribution in [0.4, 0.5) is 0 Å². The summed E-state index contributed by atoms with van der Waals surface area (Å²) in [4.78, 5) is 37.2. The first-order valence-corrected chi connectivity index (χ1v) is 40.0. The molecule has 14 nitrogen and oxygen atoms in total. The smallest absolute Gasteiger partial charge is 0.222 e. The second-order valence-electron chi connectivity index (χ2n) is 31.1. The number of nitrogens with one attached hydrogen (secondary N) is 2. The van der Waals surface area contributed by atoms with Gasteiger partial charge in [-0.2, -0.15) is 0 Å². The molecule has 14 heteroatoms. The van der Waals surface area contributed by atoms with Gasteiger partial charge in [0.05, 0.1) is 38.6 Å². The number of carbonyl (C=O) groups excluding carboxylic acids is 2. The van der Waals surface area contributed by atoms with Crippen molar-refractivity contribution in [3.05, 3.63) is 0 Å². The van der Waals surface area contributed by atoms with Crippen molar-refractivity contribution < 1.29 is 29.3 Å². The maximum atomic E-state index is 11.2. The molecule has 94 heavy (non-hydrogen) atoms. The Morgan fingerprint density at radius 3 is 0.798 bits per heavy atom. The van der Waals surface area contributed by atoms with Gasteiger partial charge in [-0.1, -0.05) is 166 Å². The van der Waals surface area contributed by atoms with Crippen molar-refractivity contribution in [2.75, 3.05) is 126 Å². The Kier molecular flexibility index (Phi) is 53.7. The fourth-order valence-corrected chi connectivity index (χ4v) is 14.1. The summed E-state index contributed by atoms with van der Waals surface area (Å²) in [6, 6.07) is 4.12. The van der Waals surface area contributed by atoms with E-state index in [1.165, 1.54) is 104 Å². The quantitative estimate of drug-likeness (QED) is 0.202. The molecule has 4 saturated heterocycles. The number of nitrogens with zero attached hydrogens (tertiary/aromatic N) is 6. The summed E-state index contributed by atoms with van der Waals surface area (Å²) in [6.45, 7) is 71.6. The number of amides is 2. The largest absolute Gasteiger partial charge is 0.393 e. The molecule has 0 radical (unpaired) electrons. The molecule has 0 aromatic heterocycles. The average Bonchev–Trinajstić information content (AvgIpc) is 0.850. The van der Waals surface area contributed by atoms with Crippen molar-refractivity contribution in [3.63, 3.8) is 0 Å². The van der Waals surface area contributed by atoms with Crippen molar-refractivity contribution in [2.45, 2.75) is 318 Å². The van der Waals surface area contributed by atoms with Crippen molar-refractivity contribution in [3.8, 4) is 0 Å². The van der Waals surface area contributed by atoms with Gasteiger partial charge in [0.1, 0.15) is 0 Å². The first-order valence-electron chi connectivity index (χ1n) is 40.0. The highest BCUT2D eigenvalue weighted by Crippen LogP contribution is 2.45. The molecule has 0 bridgehead atoms. The third kappa shape index (κ3) is 38.9. The second-order valence-corrected chi connectivity index (χ2v) is 31.1. The van der Waals surface area contributed by atoms with E-state index in [1.807, 2.05) is 83.1 Å². The molecule has 0 atom stereocenters. The minimum Gasteiger partial charge on any atom is -0.393 e. The number of hydrogen-bond acceptors (Lipinski definition) is 12. The molecule has 4 N–H and O–H groups in total. The Hall–Kier alpha value is -1.46. The van der Waals surface area contributed by atoms with Gasteiger partial charge in [0.2, 0.25) is 11.8 Å². The van der Waals surface area contributed by atoms with E-state index in [4.69, 9.17) is 19.7 Å². The summed E-state index contributed by atoms with van der Waals surface area (Å²) in [6.07, 6.45) is 20.1. The Balaban J connectivity index is 0. The number of hydrogen-bond donors (Lipinski definition) is 4. The monoisotopic (exact) mass is 1340 g/mol. The molecule has 4 aliphatic heterocycles. The third-order valence-corrected chi connectivity index (χ3v) is 21.1. The number of piperazine rings is 2. The normalized spacial score (nSPS) is 33.1. The fourth-order valence-electron chi connectivity index (χ4n) is 14.1. The van der Waals surface area contributed by atoms with Crippen LogP contribution in [0.15, 0.2) is 0 Å². The number of carbonyl (C=O) groups is 2. The van der Waals surface area contributed by atoms with Crippen LogP contribution in [0.1, 0.15) is 276 Å². The predicted octanol–water partition coefficient (Wildman–Crippen LogP) is 15.8. The molecule has 8 saturated carbocycles. The van der Waals surface area contributed by atoms with E-state index in [0.717, 1.165) is 175 Å². The van der Waals surface area contributed by atoms with E-state index >= 15 is 0 Å². The average molecular weight is 1340 g/mol. The molecule has 564 valence electrons. The van der Waals surface area contributed by atoms with Crippen LogP contribution in [0.2, 0.25) is 0 Å². The zero-order valence-corrected chi connectivity index (χ0v) is 68.1. The number of ether oxygens (including phenoxy) is 2. The maximum absolute atomic E-state index is 11.2. The number of aliphatic hydroxyl groups excluding tert-OH is 2. The number of morpholine rings is 2. The third-order valence-electron chi connectivity index (χ3n) is 21.1. The minimum absolute atomic E-state index is 0.0417. The first-order chi connectivity index (χ1) is 44.6. The maximum Gasteiger partial charge on any atom is 0.222 e. The Labute approximate surface area is 586 Å². The van der Waals surface area contributed by atoms with E-state index in [1.54, 1.807) is 14.0 Å². The number of likely N-dealkylation sites (N-methyl/N-ethyl adjacent to an activating group) is 2. The molecule has 12 fully saturated rings. The van der Waals surface area contributed by atoms with E-state index in [0.29, 0.717) is 22.8 Å².